The molecular weight excluding hydrogens is 417 g/mol. The fourth-order valence-corrected chi connectivity index (χ4v) is 2.23. The van der Waals surface area contributed by atoms with Crippen LogP contribution in [-0.2, 0) is 6.18 Å². The number of hydrogen-bond donors (Lipinski definition) is 1. The number of pyridine rings is 1. The number of amides is 1. The normalized spacial score (nSPS) is 11.5. The van der Waals surface area contributed by atoms with Gasteiger partial charge in [0.05, 0.1) is 11.3 Å². The highest BCUT2D eigenvalue weighted by Crippen LogP contribution is 2.36. The molecule has 130 valence electrons. The van der Waals surface area contributed by atoms with E-state index in [1.807, 2.05) is 0 Å². The number of aromatic nitrogens is 3. The van der Waals surface area contributed by atoms with Crippen molar-refractivity contribution in [3.8, 4) is 11.8 Å². The Balaban J connectivity index is 2.32. The van der Waals surface area contributed by atoms with Gasteiger partial charge in [-0.15, -0.1) is 5.10 Å². The highest BCUT2D eigenvalue weighted by atomic mass is 79.9. The summed E-state index contributed by atoms with van der Waals surface area (Å²) in [5.74, 6) is -0.307. The van der Waals surface area contributed by atoms with Crippen LogP contribution < -0.4 is 10.1 Å². The molecule has 1 amide bonds. The molecule has 0 unspecified atom stereocenters. The Labute approximate surface area is 148 Å². The Kier molecular flexibility index (Phi) is 5.38. The number of ether oxygens (including phenoxy) is 1. The highest BCUT2D eigenvalue weighted by Gasteiger charge is 2.32. The van der Waals surface area contributed by atoms with Gasteiger partial charge in [-0.3, -0.25) is 0 Å². The second kappa shape index (κ2) is 6.98. The second-order valence-electron chi connectivity index (χ2n) is 4.56. The smallest absolute Gasteiger partial charge is 0.416 e. The first-order valence-corrected chi connectivity index (χ1v) is 7.76. The maximum absolute atomic E-state index is 12.6. The van der Waals surface area contributed by atoms with Crippen molar-refractivity contribution in [2.75, 3.05) is 6.54 Å². The number of rotatable bonds is 3. The summed E-state index contributed by atoms with van der Waals surface area (Å²) >= 11 is 8.99. The van der Waals surface area contributed by atoms with Crippen molar-refractivity contribution < 1.29 is 22.7 Å². The summed E-state index contributed by atoms with van der Waals surface area (Å²) in [7, 11) is 0. The van der Waals surface area contributed by atoms with Crippen LogP contribution >= 0.6 is 27.5 Å². The van der Waals surface area contributed by atoms with Crippen LogP contribution in [0.25, 0.3) is 0 Å². The molecule has 0 saturated heterocycles. The van der Waals surface area contributed by atoms with Gasteiger partial charge in [-0.05, 0) is 35.8 Å². The van der Waals surface area contributed by atoms with E-state index in [-0.39, 0.29) is 16.8 Å². The van der Waals surface area contributed by atoms with Crippen molar-refractivity contribution in [3.63, 3.8) is 0 Å². The lowest BCUT2D eigenvalue weighted by molar-refractivity contribution is -0.137. The number of carbonyl (C=O) groups is 1. The minimum Gasteiger partial charge on any atom is -0.416 e. The average molecular weight is 428 g/mol. The van der Waals surface area contributed by atoms with E-state index in [1.54, 1.807) is 13.8 Å². The highest BCUT2D eigenvalue weighted by molar-refractivity contribution is 9.10. The van der Waals surface area contributed by atoms with Crippen molar-refractivity contribution in [2.45, 2.75) is 20.0 Å². The van der Waals surface area contributed by atoms with Gasteiger partial charge in [0, 0.05) is 12.7 Å². The van der Waals surface area contributed by atoms with Crippen LogP contribution in [-0.4, -0.2) is 27.3 Å². The minimum absolute atomic E-state index is 0.0482. The fraction of sp³-hybridized carbons (Fsp3) is 0.308. The fourth-order valence-electron chi connectivity index (χ4n) is 1.69. The lowest BCUT2D eigenvalue weighted by Gasteiger charge is -2.08. The van der Waals surface area contributed by atoms with Crippen LogP contribution in [0.3, 0.4) is 0 Å². The number of nitrogens with one attached hydrogen (secondary N) is 1. The van der Waals surface area contributed by atoms with Gasteiger partial charge in [0.25, 0.3) is 5.88 Å². The molecule has 2 aromatic heterocycles. The third kappa shape index (κ3) is 3.81. The van der Waals surface area contributed by atoms with Crippen molar-refractivity contribution in [1.82, 2.24) is 20.1 Å². The maximum Gasteiger partial charge on any atom is 0.417 e. The molecule has 0 aromatic carbocycles. The van der Waals surface area contributed by atoms with Crippen LogP contribution in [0.5, 0.6) is 11.8 Å². The lowest BCUT2D eigenvalue weighted by atomic mass is 10.3. The van der Waals surface area contributed by atoms with E-state index in [1.165, 1.54) is 0 Å². The Morgan fingerprint density at radius 3 is 2.67 bits per heavy atom. The van der Waals surface area contributed by atoms with E-state index in [0.29, 0.717) is 29.0 Å². The minimum atomic E-state index is -4.56. The number of hydrogen-bond acceptors (Lipinski definition) is 4. The van der Waals surface area contributed by atoms with Crippen molar-refractivity contribution in [2.24, 2.45) is 0 Å². The largest absolute Gasteiger partial charge is 0.417 e. The predicted molar refractivity (Wildman–Crippen MR) is 83.5 cm³/mol. The van der Waals surface area contributed by atoms with Crippen LogP contribution in [0, 0.1) is 6.92 Å². The molecule has 2 aromatic rings. The van der Waals surface area contributed by atoms with Gasteiger partial charge in [-0.1, -0.05) is 11.6 Å². The molecule has 0 aliphatic heterocycles. The van der Waals surface area contributed by atoms with E-state index in [4.69, 9.17) is 16.3 Å². The van der Waals surface area contributed by atoms with E-state index < -0.39 is 17.8 Å². The van der Waals surface area contributed by atoms with Gasteiger partial charge >= 0.3 is 12.2 Å². The standard InChI is InChI=1S/C13H11BrClF3N4O2/c1-3-19-12(23)22-6(2)9(14)11(21-22)24-10-8(15)4-7(5-20-10)13(16,17)18/h4-5H,3H2,1-2H3,(H,19,23). The zero-order valence-corrected chi connectivity index (χ0v) is 14.8. The number of nitrogens with zero attached hydrogens (tertiary/aromatic N) is 3. The van der Waals surface area contributed by atoms with Crippen molar-refractivity contribution in [1.29, 1.82) is 0 Å². The molecule has 1 N–H and O–H groups in total. The average Bonchev–Trinajstić information content (AvgIpc) is 2.77. The maximum atomic E-state index is 12.6. The topological polar surface area (TPSA) is 69.0 Å². The van der Waals surface area contributed by atoms with Gasteiger partial charge in [0.1, 0.15) is 9.50 Å². The van der Waals surface area contributed by atoms with Gasteiger partial charge in [0.2, 0.25) is 5.88 Å². The third-order valence-corrected chi connectivity index (χ3v) is 4.05. The molecule has 0 aliphatic carbocycles. The molecule has 0 fully saturated rings. The van der Waals surface area contributed by atoms with E-state index in [2.05, 4.69) is 31.3 Å². The molecule has 0 radical (unpaired) electrons. The van der Waals surface area contributed by atoms with Gasteiger partial charge < -0.3 is 10.1 Å². The first-order valence-electron chi connectivity index (χ1n) is 6.59. The quantitative estimate of drug-likeness (QED) is 0.789. The molecule has 0 saturated carbocycles. The van der Waals surface area contributed by atoms with Crippen LogP contribution in [0.1, 0.15) is 18.2 Å². The molecule has 0 aliphatic rings. The Bertz CT molecular complexity index is 779. The van der Waals surface area contributed by atoms with Gasteiger partial charge in [-0.2, -0.15) is 17.9 Å². The zero-order chi connectivity index (χ0) is 18.1. The summed E-state index contributed by atoms with van der Waals surface area (Å²) in [6.07, 6.45) is -3.96. The Morgan fingerprint density at radius 2 is 2.12 bits per heavy atom. The summed E-state index contributed by atoms with van der Waals surface area (Å²) in [6.45, 7) is 3.76. The molecule has 0 bridgehead atoms. The summed E-state index contributed by atoms with van der Waals surface area (Å²) < 4.78 is 44.5. The van der Waals surface area contributed by atoms with E-state index in [9.17, 15) is 18.0 Å². The third-order valence-electron chi connectivity index (χ3n) is 2.86. The Hall–Kier alpha value is -1.81. The molecule has 6 nitrogen and oxygen atoms in total. The van der Waals surface area contributed by atoms with Crippen LogP contribution in [0.15, 0.2) is 16.7 Å². The summed E-state index contributed by atoms with van der Waals surface area (Å²) in [4.78, 5) is 15.4. The molecule has 0 atom stereocenters. The van der Waals surface area contributed by atoms with Gasteiger partial charge in [-0.25, -0.2) is 9.78 Å². The van der Waals surface area contributed by atoms with E-state index >= 15 is 0 Å². The SMILES string of the molecule is CCNC(=O)n1nc(Oc2ncc(C(F)(F)F)cc2Cl)c(Br)c1C. The zero-order valence-electron chi connectivity index (χ0n) is 12.4. The first-order chi connectivity index (χ1) is 11.1. The summed E-state index contributed by atoms with van der Waals surface area (Å²) in [6, 6.07) is 0.225. The molecule has 2 rings (SSSR count). The van der Waals surface area contributed by atoms with Crippen LogP contribution in [0.2, 0.25) is 5.02 Å². The lowest BCUT2D eigenvalue weighted by Crippen LogP contribution is -2.29. The van der Waals surface area contributed by atoms with E-state index in [0.717, 1.165) is 4.68 Å². The molecule has 2 heterocycles. The molecule has 11 heteroatoms. The first kappa shape index (κ1) is 18.5. The molecule has 24 heavy (non-hydrogen) atoms. The molecular formula is C13H11BrClF3N4O2. The van der Waals surface area contributed by atoms with Crippen LogP contribution in [0.4, 0.5) is 18.0 Å². The molecule has 0 spiro atoms. The number of carbonyl (C=O) groups excluding carboxylic acids is 1. The summed E-state index contributed by atoms with van der Waals surface area (Å²) in [5, 5.41) is 6.18. The van der Waals surface area contributed by atoms with Gasteiger partial charge in [0.15, 0.2) is 0 Å². The number of halogens is 5. The predicted octanol–water partition coefficient (Wildman–Crippen LogP) is 4.39. The Morgan fingerprint density at radius 1 is 1.46 bits per heavy atom. The second-order valence-corrected chi connectivity index (χ2v) is 5.76. The van der Waals surface area contributed by atoms with Crippen molar-refractivity contribution in [3.05, 3.63) is 33.0 Å². The van der Waals surface area contributed by atoms with Crippen molar-refractivity contribution >= 4 is 33.6 Å². The monoisotopic (exact) mass is 426 g/mol. The number of alkyl halides is 3. The summed E-state index contributed by atoms with van der Waals surface area (Å²) in [5.41, 5.74) is -0.554.